The molecule has 44 heavy (non-hydrogen) atoms. The molecule has 2 heterocycles. The summed E-state index contributed by atoms with van der Waals surface area (Å²) in [5.74, 6) is -0.368. The van der Waals surface area contributed by atoms with Crippen molar-refractivity contribution >= 4 is 34.8 Å². The van der Waals surface area contributed by atoms with Crippen LogP contribution in [0.25, 0.3) is 11.8 Å². The standard InChI is InChI=1S/C32H29N3O8S/c1-4-41-25-16-22(23(35(39)40)17-26(25)43-18-20-11-7-6-8-12-20)29-28(31(38)42-5-2)19(3)34-30(37)27(44-32(34)33-29)15-21-13-9-10-14-24(21)36/h6-17,29,36H,4-5,18H2,1-3H3/b27-15-/t29-/m1/s1. The van der Waals surface area contributed by atoms with E-state index >= 15 is 0 Å². The molecular weight excluding hydrogens is 586 g/mol. The molecule has 0 bridgehead atoms. The lowest BCUT2D eigenvalue weighted by Gasteiger charge is -2.23. The molecule has 1 atom stereocenters. The van der Waals surface area contributed by atoms with Crippen molar-refractivity contribution in [1.82, 2.24) is 4.57 Å². The molecule has 12 heteroatoms. The van der Waals surface area contributed by atoms with Crippen molar-refractivity contribution in [2.24, 2.45) is 4.99 Å². The highest BCUT2D eigenvalue weighted by atomic mass is 32.1. The van der Waals surface area contributed by atoms with Crippen molar-refractivity contribution in [3.63, 3.8) is 0 Å². The smallest absolute Gasteiger partial charge is 0.338 e. The van der Waals surface area contributed by atoms with Gasteiger partial charge in [-0.05, 0) is 44.5 Å². The number of ether oxygens (including phenoxy) is 3. The van der Waals surface area contributed by atoms with Gasteiger partial charge in [-0.25, -0.2) is 9.79 Å². The molecule has 5 rings (SSSR count). The number of nitro groups is 1. The highest BCUT2D eigenvalue weighted by Gasteiger charge is 2.36. The summed E-state index contributed by atoms with van der Waals surface area (Å²) in [7, 11) is 0. The summed E-state index contributed by atoms with van der Waals surface area (Å²) in [5.41, 5.74) is 0.781. The van der Waals surface area contributed by atoms with E-state index in [0.29, 0.717) is 5.56 Å². The van der Waals surface area contributed by atoms with Crippen LogP contribution in [0.4, 0.5) is 5.69 Å². The lowest BCUT2D eigenvalue weighted by molar-refractivity contribution is -0.385. The lowest BCUT2D eigenvalue weighted by atomic mass is 9.94. The third kappa shape index (κ3) is 5.97. The van der Waals surface area contributed by atoms with E-state index in [1.165, 1.54) is 28.8 Å². The topological polar surface area (TPSA) is 142 Å². The molecule has 1 aromatic heterocycles. The van der Waals surface area contributed by atoms with Crippen LogP contribution in [0.1, 0.15) is 43.5 Å². The number of aromatic hydroxyl groups is 1. The van der Waals surface area contributed by atoms with E-state index in [-0.39, 0.29) is 68.9 Å². The van der Waals surface area contributed by atoms with E-state index in [0.717, 1.165) is 16.9 Å². The quantitative estimate of drug-likeness (QED) is 0.156. The van der Waals surface area contributed by atoms with Gasteiger partial charge in [-0.15, -0.1) is 0 Å². The second-order valence-corrected chi connectivity index (χ2v) is 10.7. The number of hydrogen-bond donors (Lipinski definition) is 1. The van der Waals surface area contributed by atoms with Gasteiger partial charge in [0.05, 0.1) is 39.9 Å². The van der Waals surface area contributed by atoms with E-state index in [2.05, 4.69) is 0 Å². The van der Waals surface area contributed by atoms with Gasteiger partial charge in [-0.1, -0.05) is 59.9 Å². The third-order valence-electron chi connectivity index (χ3n) is 6.88. The molecule has 0 saturated heterocycles. The Morgan fingerprint density at radius 1 is 1.07 bits per heavy atom. The first kappa shape index (κ1) is 30.2. The predicted molar refractivity (Wildman–Crippen MR) is 164 cm³/mol. The van der Waals surface area contributed by atoms with Crippen molar-refractivity contribution in [2.45, 2.75) is 33.4 Å². The molecule has 0 aliphatic carbocycles. The number of esters is 1. The van der Waals surface area contributed by atoms with E-state index < -0.39 is 22.5 Å². The number of rotatable bonds is 10. The number of fused-ring (bicyclic) bond motifs is 1. The number of carbonyl (C=O) groups excluding carboxylic acids is 1. The average molecular weight is 616 g/mol. The number of phenols is 1. The Labute approximate surface area is 255 Å². The fraction of sp³-hybridized carbons (Fsp3) is 0.219. The summed E-state index contributed by atoms with van der Waals surface area (Å²) >= 11 is 1.04. The molecule has 1 N–H and O–H groups in total. The number of hydrogen-bond acceptors (Lipinski definition) is 10. The van der Waals surface area contributed by atoms with Crippen LogP contribution in [-0.4, -0.2) is 33.8 Å². The van der Waals surface area contributed by atoms with Crippen LogP contribution in [0.2, 0.25) is 0 Å². The third-order valence-corrected chi connectivity index (χ3v) is 7.87. The van der Waals surface area contributed by atoms with Crippen molar-refractivity contribution in [1.29, 1.82) is 0 Å². The SMILES string of the molecule is CCOC(=O)C1=C(C)n2c(s/c(=C\c3ccccc3O)c2=O)=N[C@@H]1c1cc(OCC)c(OCc2ccccc2)cc1[N+](=O)[O-]. The Morgan fingerprint density at radius 2 is 1.77 bits per heavy atom. The molecule has 1 aliphatic heterocycles. The number of aromatic nitrogens is 1. The Bertz CT molecular complexity index is 1950. The molecule has 11 nitrogen and oxygen atoms in total. The molecule has 0 radical (unpaired) electrons. The average Bonchev–Trinajstić information content (AvgIpc) is 3.32. The number of nitro benzene ring substituents is 1. The second kappa shape index (κ2) is 13.0. The Morgan fingerprint density at radius 3 is 2.45 bits per heavy atom. The number of benzene rings is 3. The fourth-order valence-electron chi connectivity index (χ4n) is 4.85. The molecule has 4 aromatic rings. The molecule has 226 valence electrons. The number of allylic oxidation sites excluding steroid dienone is 1. The van der Waals surface area contributed by atoms with E-state index in [1.54, 1.807) is 39.0 Å². The zero-order chi connectivity index (χ0) is 31.4. The first-order valence-electron chi connectivity index (χ1n) is 13.8. The summed E-state index contributed by atoms with van der Waals surface area (Å²) in [6, 6.07) is 17.4. The van der Waals surface area contributed by atoms with Gasteiger partial charge in [0.2, 0.25) is 0 Å². The minimum absolute atomic E-state index is 0.00813. The largest absolute Gasteiger partial charge is 0.507 e. The minimum Gasteiger partial charge on any atom is -0.507 e. The molecule has 0 spiro atoms. The number of nitrogens with zero attached hydrogens (tertiary/aromatic N) is 3. The van der Waals surface area contributed by atoms with Crippen LogP contribution >= 0.6 is 11.3 Å². The normalized spacial score (nSPS) is 14.5. The molecule has 1 aliphatic rings. The second-order valence-electron chi connectivity index (χ2n) is 9.67. The van der Waals surface area contributed by atoms with Gasteiger partial charge in [0.15, 0.2) is 16.3 Å². The van der Waals surface area contributed by atoms with Gasteiger partial charge >= 0.3 is 5.97 Å². The number of para-hydroxylation sites is 1. The van der Waals surface area contributed by atoms with Gasteiger partial charge in [0.1, 0.15) is 18.4 Å². The van der Waals surface area contributed by atoms with Crippen LogP contribution in [0.3, 0.4) is 0 Å². The van der Waals surface area contributed by atoms with Gasteiger partial charge in [0, 0.05) is 11.3 Å². The molecule has 0 saturated carbocycles. The molecule has 0 amide bonds. The predicted octanol–water partition coefficient (Wildman–Crippen LogP) is 4.50. The molecule has 0 fully saturated rings. The van der Waals surface area contributed by atoms with Crippen LogP contribution in [0.5, 0.6) is 17.2 Å². The van der Waals surface area contributed by atoms with E-state index in [9.17, 15) is 24.8 Å². The van der Waals surface area contributed by atoms with Crippen LogP contribution < -0.4 is 24.4 Å². The molecule has 3 aromatic carbocycles. The summed E-state index contributed by atoms with van der Waals surface area (Å²) in [4.78, 5) is 43.7. The van der Waals surface area contributed by atoms with Gasteiger partial charge in [-0.3, -0.25) is 19.5 Å². The first-order chi connectivity index (χ1) is 21.2. The first-order valence-corrected chi connectivity index (χ1v) is 14.6. The minimum atomic E-state index is -1.19. The fourth-order valence-corrected chi connectivity index (χ4v) is 5.88. The van der Waals surface area contributed by atoms with Gasteiger partial charge in [0.25, 0.3) is 11.2 Å². The maximum absolute atomic E-state index is 13.5. The van der Waals surface area contributed by atoms with Crippen LogP contribution in [-0.2, 0) is 16.1 Å². The summed E-state index contributed by atoms with van der Waals surface area (Å²) in [6.45, 7) is 5.42. The zero-order valence-corrected chi connectivity index (χ0v) is 25.0. The van der Waals surface area contributed by atoms with Crippen molar-refractivity contribution in [3.05, 3.63) is 119 Å². The van der Waals surface area contributed by atoms with E-state index in [1.807, 2.05) is 30.3 Å². The van der Waals surface area contributed by atoms with Crippen molar-refractivity contribution < 1.29 is 29.0 Å². The summed E-state index contributed by atoms with van der Waals surface area (Å²) in [6.07, 6.45) is 1.53. The van der Waals surface area contributed by atoms with Crippen molar-refractivity contribution in [3.8, 4) is 17.2 Å². The maximum Gasteiger partial charge on any atom is 0.338 e. The van der Waals surface area contributed by atoms with Crippen LogP contribution in [0.15, 0.2) is 82.1 Å². The number of phenolic OH excluding ortho intramolecular Hbond substituents is 1. The maximum atomic E-state index is 13.5. The molecule has 0 unspecified atom stereocenters. The van der Waals surface area contributed by atoms with Crippen LogP contribution in [0, 0.1) is 10.1 Å². The Balaban J connectivity index is 1.71. The zero-order valence-electron chi connectivity index (χ0n) is 24.2. The monoisotopic (exact) mass is 615 g/mol. The van der Waals surface area contributed by atoms with Gasteiger partial charge < -0.3 is 19.3 Å². The van der Waals surface area contributed by atoms with Gasteiger partial charge in [-0.2, -0.15) is 0 Å². The molecular formula is C32H29N3O8S. The Kier molecular flexibility index (Phi) is 8.91. The number of thiazole rings is 1. The highest BCUT2D eigenvalue weighted by molar-refractivity contribution is 7.07. The van der Waals surface area contributed by atoms with Crippen molar-refractivity contribution in [2.75, 3.05) is 13.2 Å². The number of carbonyl (C=O) groups is 1. The highest BCUT2D eigenvalue weighted by Crippen LogP contribution is 2.43. The lowest BCUT2D eigenvalue weighted by Crippen LogP contribution is -2.35. The summed E-state index contributed by atoms with van der Waals surface area (Å²) < 4.78 is 18.6. The van der Waals surface area contributed by atoms with E-state index in [4.69, 9.17) is 19.2 Å². The summed E-state index contributed by atoms with van der Waals surface area (Å²) in [5, 5.41) is 22.7. The Hall–Kier alpha value is -5.23.